The van der Waals surface area contributed by atoms with Gasteiger partial charge in [0, 0.05) is 24.1 Å². The lowest BCUT2D eigenvalue weighted by molar-refractivity contribution is 0.0854. The summed E-state index contributed by atoms with van der Waals surface area (Å²) in [7, 11) is 0. The van der Waals surface area contributed by atoms with Crippen LogP contribution in [0.5, 0.6) is 5.75 Å². The Morgan fingerprint density at radius 1 is 1.52 bits per heavy atom. The third kappa shape index (κ3) is 4.71. The van der Waals surface area contributed by atoms with Gasteiger partial charge in [-0.2, -0.15) is 0 Å². The number of halogens is 1. The molecule has 1 aromatic carbocycles. The molecule has 1 unspecified atom stereocenters. The van der Waals surface area contributed by atoms with Crippen molar-refractivity contribution >= 4 is 28.8 Å². The first-order valence-corrected chi connectivity index (χ1v) is 9.71. The van der Waals surface area contributed by atoms with Crippen LogP contribution in [0.2, 0.25) is 5.02 Å². The maximum atomic E-state index is 12.2. The molecule has 0 aliphatic carbocycles. The lowest BCUT2D eigenvalue weighted by Crippen LogP contribution is -2.31. The third-order valence-electron chi connectivity index (χ3n) is 3.89. The van der Waals surface area contributed by atoms with Crippen molar-refractivity contribution in [3.8, 4) is 16.3 Å². The number of nitrogens with one attached hydrogen (secondary N) is 1. The van der Waals surface area contributed by atoms with Crippen molar-refractivity contribution in [1.82, 2.24) is 10.3 Å². The SMILES string of the molecule is CCCOc1ccc(-c2nc(C(=O)NCC3CCCO3)cs2)c(Cl)c1. The first-order valence-electron chi connectivity index (χ1n) is 8.45. The first kappa shape index (κ1) is 18.2. The van der Waals surface area contributed by atoms with Crippen LogP contribution in [0.3, 0.4) is 0 Å². The fourth-order valence-corrected chi connectivity index (χ4v) is 3.74. The maximum Gasteiger partial charge on any atom is 0.270 e. The minimum atomic E-state index is -0.183. The van der Waals surface area contributed by atoms with Gasteiger partial charge in [0.25, 0.3) is 5.91 Å². The van der Waals surface area contributed by atoms with E-state index in [1.165, 1.54) is 11.3 Å². The molecule has 2 aromatic rings. The molecule has 0 bridgehead atoms. The molecule has 0 radical (unpaired) electrons. The molecular formula is C18H21ClN2O3S. The predicted molar refractivity (Wildman–Crippen MR) is 99.7 cm³/mol. The Kier molecular flexibility index (Phi) is 6.29. The summed E-state index contributed by atoms with van der Waals surface area (Å²) in [5.41, 5.74) is 1.20. The largest absolute Gasteiger partial charge is 0.494 e. The summed E-state index contributed by atoms with van der Waals surface area (Å²) in [4.78, 5) is 16.6. The average Bonchev–Trinajstić information content (AvgIpc) is 3.29. The Morgan fingerprint density at radius 2 is 2.40 bits per heavy atom. The van der Waals surface area contributed by atoms with Crippen LogP contribution in [0.4, 0.5) is 0 Å². The number of amides is 1. The van der Waals surface area contributed by atoms with Gasteiger partial charge in [0.2, 0.25) is 0 Å². The predicted octanol–water partition coefficient (Wildman–Crippen LogP) is 4.16. The molecule has 1 aliphatic rings. The zero-order valence-electron chi connectivity index (χ0n) is 14.1. The molecule has 0 saturated carbocycles. The molecule has 3 rings (SSSR count). The van der Waals surface area contributed by atoms with E-state index in [1.54, 1.807) is 11.4 Å². The number of carbonyl (C=O) groups is 1. The fraction of sp³-hybridized carbons (Fsp3) is 0.444. The van der Waals surface area contributed by atoms with Gasteiger partial charge in [-0.05, 0) is 37.5 Å². The Morgan fingerprint density at radius 3 is 3.12 bits per heavy atom. The van der Waals surface area contributed by atoms with Gasteiger partial charge in [-0.25, -0.2) is 4.98 Å². The van der Waals surface area contributed by atoms with Gasteiger partial charge in [-0.3, -0.25) is 4.79 Å². The van der Waals surface area contributed by atoms with E-state index in [1.807, 2.05) is 12.1 Å². The molecule has 1 N–H and O–H groups in total. The van der Waals surface area contributed by atoms with E-state index in [0.717, 1.165) is 37.2 Å². The lowest BCUT2D eigenvalue weighted by atomic mass is 10.2. The minimum Gasteiger partial charge on any atom is -0.494 e. The standard InChI is InChI=1S/C18H21ClN2O3S/c1-2-7-23-12-5-6-14(15(19)9-12)18-21-16(11-25-18)17(22)20-10-13-4-3-8-24-13/h5-6,9,11,13H,2-4,7-8,10H2,1H3,(H,20,22). The van der Waals surface area contributed by atoms with Gasteiger partial charge < -0.3 is 14.8 Å². The highest BCUT2D eigenvalue weighted by Crippen LogP contribution is 2.33. The molecule has 2 heterocycles. The van der Waals surface area contributed by atoms with Crippen molar-refractivity contribution in [3.63, 3.8) is 0 Å². The molecule has 1 aliphatic heterocycles. The number of rotatable bonds is 7. The smallest absolute Gasteiger partial charge is 0.270 e. The van der Waals surface area contributed by atoms with E-state index in [2.05, 4.69) is 17.2 Å². The van der Waals surface area contributed by atoms with E-state index in [4.69, 9.17) is 21.1 Å². The van der Waals surface area contributed by atoms with Gasteiger partial charge in [0.05, 0.1) is 17.7 Å². The van der Waals surface area contributed by atoms with E-state index in [9.17, 15) is 4.79 Å². The average molecular weight is 381 g/mol. The number of hydrogen-bond acceptors (Lipinski definition) is 5. The normalized spacial score (nSPS) is 16.8. The van der Waals surface area contributed by atoms with Gasteiger partial charge in [-0.15, -0.1) is 11.3 Å². The Labute approximate surface area is 156 Å². The number of benzene rings is 1. The quantitative estimate of drug-likeness (QED) is 0.783. The Bertz CT molecular complexity index is 729. The van der Waals surface area contributed by atoms with Crippen molar-refractivity contribution in [2.75, 3.05) is 19.8 Å². The van der Waals surface area contributed by atoms with Crippen LogP contribution >= 0.6 is 22.9 Å². The Balaban J connectivity index is 1.65. The number of nitrogens with zero attached hydrogens (tertiary/aromatic N) is 1. The molecule has 5 nitrogen and oxygen atoms in total. The molecule has 134 valence electrons. The second-order valence-electron chi connectivity index (χ2n) is 5.87. The molecule has 1 saturated heterocycles. The number of aromatic nitrogens is 1. The van der Waals surface area contributed by atoms with Crippen LogP contribution in [-0.2, 0) is 4.74 Å². The van der Waals surface area contributed by atoms with Crippen LogP contribution in [0.25, 0.3) is 10.6 Å². The molecule has 1 aromatic heterocycles. The third-order valence-corrected chi connectivity index (χ3v) is 5.08. The van der Waals surface area contributed by atoms with E-state index >= 15 is 0 Å². The van der Waals surface area contributed by atoms with Crippen LogP contribution in [-0.4, -0.2) is 36.8 Å². The molecule has 1 atom stereocenters. The summed E-state index contributed by atoms with van der Waals surface area (Å²) >= 11 is 7.75. The zero-order valence-corrected chi connectivity index (χ0v) is 15.7. The van der Waals surface area contributed by atoms with Gasteiger partial charge in [-0.1, -0.05) is 18.5 Å². The highest BCUT2D eigenvalue weighted by atomic mass is 35.5. The molecule has 1 fully saturated rings. The van der Waals surface area contributed by atoms with Crippen LogP contribution in [0, 0.1) is 0 Å². The summed E-state index contributed by atoms with van der Waals surface area (Å²) in [6.07, 6.45) is 3.10. The van der Waals surface area contributed by atoms with Crippen molar-refractivity contribution in [2.24, 2.45) is 0 Å². The number of thiazole rings is 1. The van der Waals surface area contributed by atoms with E-state index < -0.39 is 0 Å². The molecule has 7 heteroatoms. The number of hydrogen-bond donors (Lipinski definition) is 1. The monoisotopic (exact) mass is 380 g/mol. The fourth-order valence-electron chi connectivity index (χ4n) is 2.58. The van der Waals surface area contributed by atoms with Crippen molar-refractivity contribution < 1.29 is 14.3 Å². The summed E-state index contributed by atoms with van der Waals surface area (Å²) in [5, 5.41) is 5.91. The van der Waals surface area contributed by atoms with Crippen molar-refractivity contribution in [3.05, 3.63) is 34.3 Å². The summed E-state index contributed by atoms with van der Waals surface area (Å²) < 4.78 is 11.1. The zero-order chi connectivity index (χ0) is 17.6. The first-order chi connectivity index (χ1) is 12.2. The van der Waals surface area contributed by atoms with E-state index in [-0.39, 0.29) is 12.0 Å². The second-order valence-corrected chi connectivity index (χ2v) is 7.14. The molecule has 1 amide bonds. The molecular weight excluding hydrogens is 360 g/mol. The molecule has 0 spiro atoms. The topological polar surface area (TPSA) is 60.5 Å². The molecule has 25 heavy (non-hydrogen) atoms. The van der Waals surface area contributed by atoms with Crippen LogP contribution < -0.4 is 10.1 Å². The van der Waals surface area contributed by atoms with Gasteiger partial charge in [0.1, 0.15) is 16.5 Å². The lowest BCUT2D eigenvalue weighted by Gasteiger charge is -2.09. The van der Waals surface area contributed by atoms with Gasteiger partial charge in [0.15, 0.2) is 0 Å². The highest BCUT2D eigenvalue weighted by Gasteiger charge is 2.18. The number of carbonyl (C=O) groups excluding carboxylic acids is 1. The summed E-state index contributed by atoms with van der Waals surface area (Å²) in [6, 6.07) is 5.53. The van der Waals surface area contributed by atoms with Crippen LogP contribution in [0.15, 0.2) is 23.6 Å². The minimum absolute atomic E-state index is 0.118. The highest BCUT2D eigenvalue weighted by molar-refractivity contribution is 7.13. The Hall–Kier alpha value is -1.63. The maximum absolute atomic E-state index is 12.2. The summed E-state index contributed by atoms with van der Waals surface area (Å²) in [6.45, 7) is 4.01. The summed E-state index contributed by atoms with van der Waals surface area (Å²) in [5.74, 6) is 0.554. The van der Waals surface area contributed by atoms with E-state index in [0.29, 0.717) is 28.9 Å². The number of ether oxygens (including phenoxy) is 2. The second kappa shape index (κ2) is 8.65. The van der Waals surface area contributed by atoms with Crippen LogP contribution in [0.1, 0.15) is 36.7 Å². The van der Waals surface area contributed by atoms with Gasteiger partial charge >= 0.3 is 0 Å². The van der Waals surface area contributed by atoms with Crippen molar-refractivity contribution in [1.29, 1.82) is 0 Å². The van der Waals surface area contributed by atoms with Crippen molar-refractivity contribution in [2.45, 2.75) is 32.3 Å².